The second-order valence-corrected chi connectivity index (χ2v) is 5.60. The molecule has 4 rings (SSSR count). The van der Waals surface area contributed by atoms with E-state index in [9.17, 15) is 0 Å². The van der Waals surface area contributed by atoms with E-state index in [-0.39, 0.29) is 0 Å². The van der Waals surface area contributed by atoms with Crippen molar-refractivity contribution >= 4 is 27.9 Å². The van der Waals surface area contributed by atoms with Crippen molar-refractivity contribution in [2.45, 2.75) is 5.88 Å². The van der Waals surface area contributed by atoms with Crippen LogP contribution in [0.15, 0.2) is 29.8 Å². The van der Waals surface area contributed by atoms with Crippen LogP contribution in [0.25, 0.3) is 16.2 Å². The Labute approximate surface area is 124 Å². The minimum Gasteiger partial charge on any atom is -0.486 e. The lowest BCUT2D eigenvalue weighted by Gasteiger charge is -2.18. The lowest BCUT2D eigenvalue weighted by atomic mass is 10.1. The molecule has 0 fully saturated rings. The van der Waals surface area contributed by atoms with Crippen molar-refractivity contribution in [1.29, 1.82) is 0 Å². The average Bonchev–Trinajstić information content (AvgIpc) is 3.06. The number of ether oxygens (including phenoxy) is 2. The number of halogens is 1. The van der Waals surface area contributed by atoms with Gasteiger partial charge in [-0.15, -0.1) is 22.9 Å². The van der Waals surface area contributed by atoms with Gasteiger partial charge in [0.15, 0.2) is 16.5 Å². The van der Waals surface area contributed by atoms with Crippen molar-refractivity contribution in [3.63, 3.8) is 0 Å². The van der Waals surface area contributed by atoms with Crippen LogP contribution < -0.4 is 9.47 Å². The average molecular weight is 307 g/mol. The van der Waals surface area contributed by atoms with Crippen LogP contribution in [0.4, 0.5) is 0 Å². The molecular formula is C14H11ClN2O2S. The summed E-state index contributed by atoms with van der Waals surface area (Å²) in [5.74, 6) is 2.03. The van der Waals surface area contributed by atoms with Gasteiger partial charge in [0.1, 0.15) is 13.2 Å². The van der Waals surface area contributed by atoms with Gasteiger partial charge in [-0.05, 0) is 18.2 Å². The first kappa shape index (κ1) is 12.1. The van der Waals surface area contributed by atoms with Crippen molar-refractivity contribution in [3.8, 4) is 22.8 Å². The summed E-state index contributed by atoms with van der Waals surface area (Å²) in [6, 6.07) is 6.00. The normalized spacial score (nSPS) is 13.8. The number of benzene rings is 1. The van der Waals surface area contributed by atoms with Gasteiger partial charge in [0.2, 0.25) is 0 Å². The highest BCUT2D eigenvalue weighted by Gasteiger charge is 2.15. The van der Waals surface area contributed by atoms with Crippen LogP contribution in [0, 0.1) is 0 Å². The highest BCUT2D eigenvalue weighted by Crippen LogP contribution is 2.35. The van der Waals surface area contributed by atoms with E-state index < -0.39 is 0 Å². The van der Waals surface area contributed by atoms with Crippen LogP contribution in [0.3, 0.4) is 0 Å². The molecule has 0 atom stereocenters. The van der Waals surface area contributed by atoms with E-state index in [2.05, 4.69) is 14.8 Å². The predicted octanol–water partition coefficient (Wildman–Crippen LogP) is 3.57. The minimum absolute atomic E-state index is 0.426. The van der Waals surface area contributed by atoms with Crippen molar-refractivity contribution in [1.82, 2.24) is 9.38 Å². The summed E-state index contributed by atoms with van der Waals surface area (Å²) in [5.41, 5.74) is 3.06. The van der Waals surface area contributed by atoms with E-state index in [1.165, 1.54) is 0 Å². The molecule has 0 saturated heterocycles. The summed E-state index contributed by atoms with van der Waals surface area (Å²) in [7, 11) is 0. The smallest absolute Gasteiger partial charge is 0.194 e. The molecule has 0 radical (unpaired) electrons. The molecule has 1 aliphatic heterocycles. The number of nitrogens with zero attached hydrogens (tertiary/aromatic N) is 2. The topological polar surface area (TPSA) is 35.8 Å². The second-order valence-electron chi connectivity index (χ2n) is 4.50. The third-order valence-electron chi connectivity index (χ3n) is 3.23. The number of hydrogen-bond acceptors (Lipinski definition) is 4. The first-order chi connectivity index (χ1) is 9.85. The van der Waals surface area contributed by atoms with Gasteiger partial charge in [0.25, 0.3) is 0 Å². The molecule has 20 heavy (non-hydrogen) atoms. The SMILES string of the molecule is ClCc1cn2c(-c3ccc4c(c3)OCCO4)csc2n1. The number of alkyl halides is 1. The van der Waals surface area contributed by atoms with Crippen LogP contribution in [0.2, 0.25) is 0 Å². The molecule has 2 aromatic heterocycles. The molecule has 0 N–H and O–H groups in total. The molecule has 102 valence electrons. The Hall–Kier alpha value is -1.72. The fourth-order valence-corrected chi connectivity index (χ4v) is 3.34. The van der Waals surface area contributed by atoms with Gasteiger partial charge in [-0.25, -0.2) is 4.98 Å². The molecule has 0 unspecified atom stereocenters. The van der Waals surface area contributed by atoms with Gasteiger partial charge >= 0.3 is 0 Å². The zero-order valence-electron chi connectivity index (χ0n) is 10.5. The van der Waals surface area contributed by atoms with Gasteiger partial charge in [-0.3, -0.25) is 4.40 Å². The molecule has 3 aromatic rings. The summed E-state index contributed by atoms with van der Waals surface area (Å²) in [6.45, 7) is 1.20. The first-order valence-electron chi connectivity index (χ1n) is 6.26. The summed E-state index contributed by atoms with van der Waals surface area (Å²) in [5, 5.41) is 2.09. The summed E-state index contributed by atoms with van der Waals surface area (Å²) >= 11 is 7.44. The fraction of sp³-hybridized carbons (Fsp3) is 0.214. The maximum Gasteiger partial charge on any atom is 0.194 e. The van der Waals surface area contributed by atoms with E-state index in [0.717, 1.165) is 33.4 Å². The van der Waals surface area contributed by atoms with Crippen LogP contribution in [-0.2, 0) is 5.88 Å². The van der Waals surface area contributed by atoms with Gasteiger partial charge in [0, 0.05) is 17.1 Å². The first-order valence-corrected chi connectivity index (χ1v) is 7.68. The Morgan fingerprint density at radius 1 is 1.25 bits per heavy atom. The number of hydrogen-bond donors (Lipinski definition) is 0. The van der Waals surface area contributed by atoms with Crippen LogP contribution in [0.1, 0.15) is 5.69 Å². The third kappa shape index (κ3) is 1.85. The summed E-state index contributed by atoms with van der Waals surface area (Å²) < 4.78 is 13.2. The van der Waals surface area contributed by atoms with Crippen LogP contribution in [0.5, 0.6) is 11.5 Å². The van der Waals surface area contributed by atoms with Gasteiger partial charge < -0.3 is 9.47 Å². The molecule has 1 aliphatic rings. The highest BCUT2D eigenvalue weighted by molar-refractivity contribution is 7.15. The van der Waals surface area contributed by atoms with Crippen molar-refractivity contribution in [3.05, 3.63) is 35.5 Å². The van der Waals surface area contributed by atoms with Gasteiger partial charge in [-0.1, -0.05) is 0 Å². The third-order valence-corrected chi connectivity index (χ3v) is 4.35. The van der Waals surface area contributed by atoms with E-state index in [1.807, 2.05) is 24.4 Å². The van der Waals surface area contributed by atoms with E-state index in [0.29, 0.717) is 19.1 Å². The van der Waals surface area contributed by atoms with E-state index in [1.54, 1.807) is 11.3 Å². The van der Waals surface area contributed by atoms with Crippen LogP contribution in [-0.4, -0.2) is 22.6 Å². The van der Waals surface area contributed by atoms with Crippen molar-refractivity contribution < 1.29 is 9.47 Å². The lowest BCUT2D eigenvalue weighted by Crippen LogP contribution is -2.15. The summed E-state index contributed by atoms with van der Waals surface area (Å²) in [4.78, 5) is 5.41. The fourth-order valence-electron chi connectivity index (χ4n) is 2.31. The molecule has 0 saturated carbocycles. The maximum absolute atomic E-state index is 5.84. The molecular weight excluding hydrogens is 296 g/mol. The Bertz CT molecular complexity index is 781. The Kier molecular flexibility index (Phi) is 2.82. The standard InChI is InChI=1S/C14H11ClN2O2S/c15-6-10-7-17-11(8-20-14(17)16-10)9-1-2-12-13(5-9)19-4-3-18-12/h1-2,5,7-8H,3-4,6H2. The Morgan fingerprint density at radius 2 is 2.10 bits per heavy atom. The van der Waals surface area contributed by atoms with Gasteiger partial charge in [0.05, 0.1) is 17.3 Å². The quantitative estimate of drug-likeness (QED) is 0.679. The number of imidazole rings is 1. The molecule has 0 bridgehead atoms. The Morgan fingerprint density at radius 3 is 2.95 bits per heavy atom. The number of aromatic nitrogens is 2. The Balaban J connectivity index is 1.83. The molecule has 0 spiro atoms. The predicted molar refractivity (Wildman–Crippen MR) is 79.1 cm³/mol. The largest absolute Gasteiger partial charge is 0.486 e. The number of fused-ring (bicyclic) bond motifs is 2. The van der Waals surface area contributed by atoms with Crippen LogP contribution >= 0.6 is 22.9 Å². The molecule has 3 heterocycles. The molecule has 0 amide bonds. The highest BCUT2D eigenvalue weighted by atomic mass is 35.5. The van der Waals surface area contributed by atoms with Crippen molar-refractivity contribution in [2.24, 2.45) is 0 Å². The lowest BCUT2D eigenvalue weighted by molar-refractivity contribution is 0.171. The zero-order valence-corrected chi connectivity index (χ0v) is 12.1. The number of rotatable bonds is 2. The second kappa shape index (κ2) is 4.68. The molecule has 0 aliphatic carbocycles. The monoisotopic (exact) mass is 306 g/mol. The van der Waals surface area contributed by atoms with E-state index in [4.69, 9.17) is 21.1 Å². The zero-order chi connectivity index (χ0) is 13.5. The minimum atomic E-state index is 0.426. The molecule has 4 nitrogen and oxygen atoms in total. The molecule has 6 heteroatoms. The van der Waals surface area contributed by atoms with E-state index >= 15 is 0 Å². The van der Waals surface area contributed by atoms with Crippen molar-refractivity contribution in [2.75, 3.05) is 13.2 Å². The molecule has 1 aromatic carbocycles. The number of thiazole rings is 1. The summed E-state index contributed by atoms with van der Waals surface area (Å²) in [6.07, 6.45) is 1.98. The van der Waals surface area contributed by atoms with Gasteiger partial charge in [-0.2, -0.15) is 0 Å². The maximum atomic E-state index is 5.84.